The largest absolute Gasteiger partial charge is 0.463 e. The third kappa shape index (κ3) is 12.4. The summed E-state index contributed by atoms with van der Waals surface area (Å²) in [4.78, 5) is 53.6. The number of halogens is 2. The van der Waals surface area contributed by atoms with Gasteiger partial charge in [-0.15, -0.1) is 0 Å². The second kappa shape index (κ2) is 17.1. The highest BCUT2D eigenvalue weighted by atomic mass is 19.3. The van der Waals surface area contributed by atoms with Gasteiger partial charge in [0.1, 0.15) is 25.4 Å². The fourth-order valence-electron chi connectivity index (χ4n) is 3.16. The Balaban J connectivity index is 2.25. The van der Waals surface area contributed by atoms with E-state index in [2.05, 4.69) is 21.5 Å². The number of nitrogens with one attached hydrogen (secondary N) is 3. The zero-order chi connectivity index (χ0) is 32.6. The monoisotopic (exact) mass is 616 g/mol. The number of aliphatic imine (C=N–C) groups is 1. The summed E-state index contributed by atoms with van der Waals surface area (Å²) in [6.07, 6.45) is -6.90. The average molecular weight is 617 g/mol. The Kier molecular flexibility index (Phi) is 13.6. The summed E-state index contributed by atoms with van der Waals surface area (Å²) in [6, 6.07) is 17.5. The fourth-order valence-corrected chi connectivity index (χ4v) is 3.16. The smallest absolute Gasteiger partial charge is 0.414 e. The molecule has 0 bridgehead atoms. The molecule has 3 amide bonds. The van der Waals surface area contributed by atoms with Crippen LogP contribution in [0.2, 0.25) is 0 Å². The quantitative estimate of drug-likeness (QED) is 0.124. The van der Waals surface area contributed by atoms with Crippen molar-refractivity contribution >= 4 is 30.2 Å². The predicted molar refractivity (Wildman–Crippen MR) is 154 cm³/mol. The van der Waals surface area contributed by atoms with Crippen LogP contribution in [0.4, 0.5) is 23.2 Å². The Bertz CT molecular complexity index is 1300. The van der Waals surface area contributed by atoms with Gasteiger partial charge in [0.15, 0.2) is 0 Å². The van der Waals surface area contributed by atoms with Gasteiger partial charge in [-0.3, -0.25) is 16.0 Å². The number of amides is 3. The molecule has 3 N–H and O–H groups in total. The van der Waals surface area contributed by atoms with E-state index >= 15 is 0 Å². The average Bonchev–Trinajstić information content (AvgIpc) is 2.96. The third-order valence-corrected chi connectivity index (χ3v) is 5.09. The minimum atomic E-state index is -3.54. The van der Waals surface area contributed by atoms with Crippen LogP contribution in [0.5, 0.6) is 0 Å². The number of guanidine groups is 1. The van der Waals surface area contributed by atoms with Crippen LogP contribution in [0.3, 0.4) is 0 Å². The molecule has 236 valence electrons. The highest BCUT2D eigenvalue weighted by Gasteiger charge is 2.50. The van der Waals surface area contributed by atoms with Gasteiger partial charge < -0.3 is 18.9 Å². The number of carbonyl (C=O) groups excluding carboxylic acids is 4. The normalized spacial score (nSPS) is 11.9. The van der Waals surface area contributed by atoms with Crippen LogP contribution in [-0.2, 0) is 37.0 Å². The maximum atomic E-state index is 14.2. The second-order valence-electron chi connectivity index (χ2n) is 9.80. The SMILES string of the molecule is CCOC(=O)C(C#CCN=C(NC(=O)OCc1ccccc1)NC(=O)OCc1ccccc1)(NC(=O)OC(C)(C)C)C(F)F. The van der Waals surface area contributed by atoms with E-state index in [-0.39, 0.29) is 19.8 Å². The van der Waals surface area contributed by atoms with Crippen LogP contribution in [-0.4, -0.2) is 60.9 Å². The second-order valence-corrected chi connectivity index (χ2v) is 9.80. The predicted octanol–water partition coefficient (Wildman–Crippen LogP) is 4.29. The van der Waals surface area contributed by atoms with Gasteiger partial charge >= 0.3 is 24.2 Å². The fraction of sp³-hybridized carbons (Fsp3) is 0.367. The summed E-state index contributed by atoms with van der Waals surface area (Å²) in [5.41, 5.74) is -2.80. The number of hydrogen-bond donors (Lipinski definition) is 3. The van der Waals surface area contributed by atoms with Crippen molar-refractivity contribution in [1.82, 2.24) is 16.0 Å². The Morgan fingerprint density at radius 3 is 1.75 bits per heavy atom. The Morgan fingerprint density at radius 2 is 1.32 bits per heavy atom. The number of nitrogens with zero attached hydrogens (tertiary/aromatic N) is 1. The lowest BCUT2D eigenvalue weighted by Gasteiger charge is -2.28. The van der Waals surface area contributed by atoms with Gasteiger partial charge in [0.25, 0.3) is 12.0 Å². The van der Waals surface area contributed by atoms with E-state index in [4.69, 9.17) is 18.9 Å². The van der Waals surface area contributed by atoms with E-state index in [9.17, 15) is 28.0 Å². The molecular formula is C30H34F2N4O8. The number of alkyl carbamates (subject to hydrolysis) is 3. The molecule has 0 saturated heterocycles. The molecule has 0 fully saturated rings. The lowest BCUT2D eigenvalue weighted by Crippen LogP contribution is -2.60. The molecule has 0 aliphatic rings. The minimum absolute atomic E-state index is 0.106. The van der Waals surface area contributed by atoms with Crippen molar-refractivity contribution in [3.05, 3.63) is 71.8 Å². The molecule has 0 aromatic heterocycles. The molecule has 2 aromatic carbocycles. The lowest BCUT2D eigenvalue weighted by atomic mass is 10.0. The summed E-state index contributed by atoms with van der Waals surface area (Å²) >= 11 is 0. The lowest BCUT2D eigenvalue weighted by molar-refractivity contribution is -0.154. The number of alkyl halides is 2. The Labute approximate surface area is 253 Å². The van der Waals surface area contributed by atoms with Crippen LogP contribution in [0.25, 0.3) is 0 Å². The van der Waals surface area contributed by atoms with Crippen molar-refractivity contribution in [3.8, 4) is 11.8 Å². The van der Waals surface area contributed by atoms with Gasteiger partial charge in [0, 0.05) is 0 Å². The molecule has 0 aliphatic heterocycles. The standard InChI is InChI=1S/C30H34F2N4O8/c1-5-41-24(37)30(23(31)32,36-28(40)44-29(2,3)4)17-12-18-33-25(34-26(38)42-19-21-13-8-6-9-14-21)35-27(39)43-20-22-15-10-7-11-16-22/h6-11,13-16,23H,5,18-20H2,1-4H3,(H,36,40)(H2,33,34,35,38,39). The first-order chi connectivity index (χ1) is 20.8. The number of esters is 1. The van der Waals surface area contributed by atoms with E-state index < -0.39 is 54.3 Å². The van der Waals surface area contributed by atoms with E-state index in [0.29, 0.717) is 11.1 Å². The number of hydrogen-bond acceptors (Lipinski definition) is 9. The van der Waals surface area contributed by atoms with Crippen molar-refractivity contribution in [2.45, 2.75) is 58.5 Å². The van der Waals surface area contributed by atoms with Crippen LogP contribution < -0.4 is 16.0 Å². The number of carbonyl (C=O) groups is 4. The summed E-state index contributed by atoms with van der Waals surface area (Å²) in [5.74, 6) is 2.23. The highest BCUT2D eigenvalue weighted by molar-refractivity contribution is 6.01. The molecule has 0 spiro atoms. The molecule has 0 heterocycles. The molecule has 0 saturated carbocycles. The molecule has 2 aromatic rings. The van der Waals surface area contributed by atoms with Gasteiger partial charge in [0.2, 0.25) is 5.96 Å². The van der Waals surface area contributed by atoms with Crippen molar-refractivity contribution in [3.63, 3.8) is 0 Å². The van der Waals surface area contributed by atoms with E-state index in [0.717, 1.165) is 0 Å². The maximum absolute atomic E-state index is 14.2. The number of rotatable bonds is 9. The molecule has 44 heavy (non-hydrogen) atoms. The first kappa shape index (κ1) is 35.0. The van der Waals surface area contributed by atoms with Crippen LogP contribution in [0.1, 0.15) is 38.8 Å². The first-order valence-electron chi connectivity index (χ1n) is 13.3. The van der Waals surface area contributed by atoms with Gasteiger partial charge in [-0.2, -0.15) is 0 Å². The van der Waals surface area contributed by atoms with Gasteiger partial charge in [-0.1, -0.05) is 72.5 Å². The Morgan fingerprint density at radius 1 is 0.818 bits per heavy atom. The molecule has 12 nitrogen and oxygen atoms in total. The highest BCUT2D eigenvalue weighted by Crippen LogP contribution is 2.19. The van der Waals surface area contributed by atoms with Crippen molar-refractivity contribution in [2.24, 2.45) is 4.99 Å². The van der Waals surface area contributed by atoms with Gasteiger partial charge in [-0.25, -0.2) is 33.0 Å². The summed E-state index contributed by atoms with van der Waals surface area (Å²) < 4.78 is 48.5. The van der Waals surface area contributed by atoms with Crippen LogP contribution in [0.15, 0.2) is 65.7 Å². The van der Waals surface area contributed by atoms with E-state index in [1.807, 2.05) is 5.92 Å². The first-order valence-corrected chi connectivity index (χ1v) is 13.3. The Hall–Kier alpha value is -5.19. The van der Waals surface area contributed by atoms with Crippen molar-refractivity contribution < 1.29 is 46.9 Å². The van der Waals surface area contributed by atoms with E-state index in [1.165, 1.54) is 27.7 Å². The number of ether oxygens (including phenoxy) is 4. The molecule has 14 heteroatoms. The van der Waals surface area contributed by atoms with Crippen LogP contribution in [0, 0.1) is 11.8 Å². The third-order valence-electron chi connectivity index (χ3n) is 5.09. The summed E-state index contributed by atoms with van der Waals surface area (Å²) in [7, 11) is 0. The number of benzene rings is 2. The summed E-state index contributed by atoms with van der Waals surface area (Å²) in [6.45, 7) is 4.75. The molecule has 2 rings (SSSR count). The van der Waals surface area contributed by atoms with Crippen molar-refractivity contribution in [2.75, 3.05) is 13.2 Å². The van der Waals surface area contributed by atoms with Gasteiger partial charge in [0.05, 0.1) is 6.61 Å². The molecule has 1 atom stereocenters. The van der Waals surface area contributed by atoms with Gasteiger partial charge in [-0.05, 0) is 38.8 Å². The summed E-state index contributed by atoms with van der Waals surface area (Å²) in [5, 5.41) is 6.24. The van der Waals surface area contributed by atoms with E-state index in [1.54, 1.807) is 66.0 Å². The van der Waals surface area contributed by atoms with Crippen LogP contribution >= 0.6 is 0 Å². The van der Waals surface area contributed by atoms with Crippen molar-refractivity contribution in [1.29, 1.82) is 0 Å². The zero-order valence-corrected chi connectivity index (χ0v) is 24.6. The topological polar surface area (TPSA) is 154 Å². The minimum Gasteiger partial charge on any atom is -0.463 e. The molecule has 1 unspecified atom stereocenters. The molecule has 0 aliphatic carbocycles. The zero-order valence-electron chi connectivity index (χ0n) is 24.6. The molecule has 0 radical (unpaired) electrons. The maximum Gasteiger partial charge on any atom is 0.414 e. The molecular weight excluding hydrogens is 582 g/mol.